The molecule has 0 saturated carbocycles. The number of likely N-dealkylation sites (N-methyl/N-ethyl adjacent to an activating group) is 1. The molecule has 0 aliphatic carbocycles. The monoisotopic (exact) mass is 239 g/mol. The Morgan fingerprint density at radius 2 is 1.81 bits per heavy atom. The summed E-state index contributed by atoms with van der Waals surface area (Å²) in [5.74, 6) is -0.652. The van der Waals surface area contributed by atoms with Crippen LogP contribution in [0.1, 0.15) is 5.56 Å². The van der Waals surface area contributed by atoms with Crippen LogP contribution < -0.4 is 0 Å². The molecule has 0 heterocycles. The summed E-state index contributed by atoms with van der Waals surface area (Å²) in [5.41, 5.74) is 0.955. The zero-order valence-corrected chi connectivity index (χ0v) is 9.99. The van der Waals surface area contributed by atoms with Gasteiger partial charge in [0.25, 0.3) is 15.9 Å². The number of aryl methyl sites for hydroxylation is 1. The summed E-state index contributed by atoms with van der Waals surface area (Å²) in [7, 11) is -2.55. The molecule has 4 nitrogen and oxygen atoms in total. The maximum absolute atomic E-state index is 11.9. The molecular formula is C11H13NO3S. The van der Waals surface area contributed by atoms with Crippen molar-refractivity contribution >= 4 is 15.9 Å². The van der Waals surface area contributed by atoms with Crippen LogP contribution in [0.3, 0.4) is 0 Å². The zero-order valence-electron chi connectivity index (χ0n) is 9.17. The molecule has 0 saturated heterocycles. The summed E-state index contributed by atoms with van der Waals surface area (Å²) in [6.45, 7) is 5.10. The van der Waals surface area contributed by atoms with Gasteiger partial charge in [-0.3, -0.25) is 4.79 Å². The lowest BCUT2D eigenvalue weighted by Crippen LogP contribution is -2.31. The number of hydrogen-bond acceptors (Lipinski definition) is 3. The summed E-state index contributed by atoms with van der Waals surface area (Å²) in [6.07, 6.45) is 0.964. The second kappa shape index (κ2) is 4.49. The summed E-state index contributed by atoms with van der Waals surface area (Å²) in [5, 5.41) is 0. The van der Waals surface area contributed by atoms with Crippen LogP contribution in [0.15, 0.2) is 41.8 Å². The van der Waals surface area contributed by atoms with Crippen LogP contribution in [0, 0.1) is 6.92 Å². The van der Waals surface area contributed by atoms with Crippen molar-refractivity contribution < 1.29 is 13.2 Å². The van der Waals surface area contributed by atoms with Crippen molar-refractivity contribution in [3.8, 4) is 0 Å². The number of rotatable bonds is 3. The van der Waals surface area contributed by atoms with E-state index in [0.717, 1.165) is 11.6 Å². The Bertz CT molecular complexity index is 503. The Labute approximate surface area is 95.2 Å². The lowest BCUT2D eigenvalue weighted by molar-refractivity contribution is -0.120. The topological polar surface area (TPSA) is 54.5 Å². The van der Waals surface area contributed by atoms with Crippen molar-refractivity contribution in [1.82, 2.24) is 4.31 Å². The van der Waals surface area contributed by atoms with Crippen LogP contribution in [0.4, 0.5) is 0 Å². The molecular weight excluding hydrogens is 226 g/mol. The van der Waals surface area contributed by atoms with Gasteiger partial charge in [0.1, 0.15) is 0 Å². The van der Waals surface area contributed by atoms with Gasteiger partial charge in [-0.05, 0) is 25.1 Å². The SMILES string of the molecule is C=CC(=O)N(C)S(=O)(=O)c1ccc(C)cc1. The highest BCUT2D eigenvalue weighted by Gasteiger charge is 2.23. The zero-order chi connectivity index (χ0) is 12.3. The first-order chi connectivity index (χ1) is 7.39. The maximum atomic E-state index is 11.9. The number of sulfonamides is 1. The van der Waals surface area contributed by atoms with Crippen LogP contribution in [0.5, 0.6) is 0 Å². The standard InChI is InChI=1S/C11H13NO3S/c1-4-11(13)12(3)16(14,15)10-7-5-9(2)6-8-10/h4-8H,1H2,2-3H3. The second-order valence-electron chi connectivity index (χ2n) is 3.33. The molecule has 86 valence electrons. The van der Waals surface area contributed by atoms with Crippen LogP contribution >= 0.6 is 0 Å². The van der Waals surface area contributed by atoms with Crippen LogP contribution in [-0.4, -0.2) is 25.7 Å². The van der Waals surface area contributed by atoms with E-state index in [1.807, 2.05) is 6.92 Å². The van der Waals surface area contributed by atoms with Crippen molar-refractivity contribution in [3.05, 3.63) is 42.5 Å². The highest BCUT2D eigenvalue weighted by Crippen LogP contribution is 2.15. The molecule has 0 aliphatic heterocycles. The van der Waals surface area contributed by atoms with Gasteiger partial charge in [-0.2, -0.15) is 0 Å². The first-order valence-corrected chi connectivity index (χ1v) is 6.05. The number of hydrogen-bond donors (Lipinski definition) is 0. The fourth-order valence-corrected chi connectivity index (χ4v) is 2.22. The molecule has 5 heteroatoms. The van der Waals surface area contributed by atoms with Crippen molar-refractivity contribution in [2.75, 3.05) is 7.05 Å². The predicted octanol–water partition coefficient (Wildman–Crippen LogP) is 1.33. The average molecular weight is 239 g/mol. The van der Waals surface area contributed by atoms with Crippen LogP contribution in [-0.2, 0) is 14.8 Å². The number of carbonyl (C=O) groups is 1. The molecule has 1 aromatic carbocycles. The Morgan fingerprint density at radius 1 is 1.31 bits per heavy atom. The van der Waals surface area contributed by atoms with E-state index in [1.54, 1.807) is 12.1 Å². The minimum atomic E-state index is -3.75. The number of benzene rings is 1. The molecule has 0 aromatic heterocycles. The lowest BCUT2D eigenvalue weighted by Gasteiger charge is -2.15. The molecule has 0 spiro atoms. The van der Waals surface area contributed by atoms with Gasteiger partial charge < -0.3 is 0 Å². The van der Waals surface area contributed by atoms with Crippen molar-refractivity contribution in [3.63, 3.8) is 0 Å². The van der Waals surface area contributed by atoms with Gasteiger partial charge in [-0.25, -0.2) is 12.7 Å². The van der Waals surface area contributed by atoms with E-state index in [2.05, 4.69) is 6.58 Å². The van der Waals surface area contributed by atoms with Crippen molar-refractivity contribution in [2.45, 2.75) is 11.8 Å². The van der Waals surface area contributed by atoms with E-state index in [1.165, 1.54) is 19.2 Å². The van der Waals surface area contributed by atoms with E-state index >= 15 is 0 Å². The van der Waals surface area contributed by atoms with Gasteiger partial charge >= 0.3 is 0 Å². The molecule has 0 fully saturated rings. The molecule has 0 N–H and O–H groups in total. The van der Waals surface area contributed by atoms with Crippen LogP contribution in [0.25, 0.3) is 0 Å². The van der Waals surface area contributed by atoms with E-state index in [-0.39, 0.29) is 4.90 Å². The first-order valence-electron chi connectivity index (χ1n) is 4.61. The second-order valence-corrected chi connectivity index (χ2v) is 5.30. The summed E-state index contributed by atoms with van der Waals surface area (Å²) < 4.78 is 24.5. The van der Waals surface area contributed by atoms with Gasteiger partial charge in [0.15, 0.2) is 0 Å². The van der Waals surface area contributed by atoms with Gasteiger partial charge in [-0.15, -0.1) is 0 Å². The molecule has 0 bridgehead atoms. The largest absolute Gasteiger partial charge is 0.269 e. The van der Waals surface area contributed by atoms with Gasteiger partial charge in [0, 0.05) is 7.05 Å². The molecule has 1 amide bonds. The maximum Gasteiger partial charge on any atom is 0.266 e. The van der Waals surface area contributed by atoms with Crippen LogP contribution in [0.2, 0.25) is 0 Å². The minimum absolute atomic E-state index is 0.0933. The smallest absolute Gasteiger partial charge is 0.266 e. The highest BCUT2D eigenvalue weighted by atomic mass is 32.2. The van der Waals surface area contributed by atoms with E-state index in [4.69, 9.17) is 0 Å². The molecule has 0 unspecified atom stereocenters. The molecule has 0 atom stereocenters. The van der Waals surface area contributed by atoms with Gasteiger partial charge in [0.2, 0.25) is 0 Å². The Kier molecular flexibility index (Phi) is 3.49. The molecule has 0 radical (unpaired) electrons. The third kappa shape index (κ3) is 2.30. The van der Waals surface area contributed by atoms with E-state index < -0.39 is 15.9 Å². The van der Waals surface area contributed by atoms with Crippen molar-refractivity contribution in [2.24, 2.45) is 0 Å². The first kappa shape index (κ1) is 12.4. The summed E-state index contributed by atoms with van der Waals surface area (Å²) >= 11 is 0. The lowest BCUT2D eigenvalue weighted by atomic mass is 10.2. The van der Waals surface area contributed by atoms with E-state index in [9.17, 15) is 13.2 Å². The van der Waals surface area contributed by atoms with Gasteiger partial charge in [0.05, 0.1) is 4.90 Å². The third-order valence-corrected chi connectivity index (χ3v) is 3.93. The number of amides is 1. The Morgan fingerprint density at radius 3 is 2.25 bits per heavy atom. The Balaban J connectivity index is 3.16. The summed E-state index contributed by atoms with van der Waals surface area (Å²) in [4.78, 5) is 11.3. The summed E-state index contributed by atoms with van der Waals surface area (Å²) in [6, 6.07) is 6.30. The van der Waals surface area contributed by atoms with Crippen molar-refractivity contribution in [1.29, 1.82) is 0 Å². The Hall–Kier alpha value is -1.62. The molecule has 16 heavy (non-hydrogen) atoms. The van der Waals surface area contributed by atoms with E-state index in [0.29, 0.717) is 4.31 Å². The number of nitrogens with zero attached hydrogens (tertiary/aromatic N) is 1. The molecule has 1 rings (SSSR count). The quantitative estimate of drug-likeness (QED) is 0.748. The average Bonchev–Trinajstić information content (AvgIpc) is 2.27. The van der Waals surface area contributed by atoms with Gasteiger partial charge in [-0.1, -0.05) is 24.3 Å². The third-order valence-electron chi connectivity index (χ3n) is 2.16. The molecule has 1 aromatic rings. The highest BCUT2D eigenvalue weighted by molar-refractivity contribution is 7.89. The number of carbonyl (C=O) groups excluding carboxylic acids is 1. The minimum Gasteiger partial charge on any atom is -0.269 e. The predicted molar refractivity (Wildman–Crippen MR) is 61.3 cm³/mol. The fourth-order valence-electron chi connectivity index (χ4n) is 1.12. The normalized spacial score (nSPS) is 10.9. The molecule has 0 aliphatic rings. The fraction of sp³-hybridized carbons (Fsp3) is 0.182.